The summed E-state index contributed by atoms with van der Waals surface area (Å²) in [5.74, 6) is -0.888. The van der Waals surface area contributed by atoms with E-state index in [0.717, 1.165) is 11.4 Å². The van der Waals surface area contributed by atoms with Crippen molar-refractivity contribution in [2.24, 2.45) is 0 Å². The molecule has 0 saturated heterocycles. The van der Waals surface area contributed by atoms with Gasteiger partial charge in [-0.2, -0.15) is 10.1 Å². The Labute approximate surface area is 151 Å². The van der Waals surface area contributed by atoms with Crippen LogP contribution in [-0.2, 0) is 11.3 Å². The smallest absolute Gasteiger partial charge is 0.252 e. The monoisotopic (exact) mass is 363 g/mol. The van der Waals surface area contributed by atoms with E-state index in [1.807, 2.05) is 18.3 Å². The average molecular weight is 363 g/mol. The molecule has 0 spiro atoms. The second-order valence-corrected chi connectivity index (χ2v) is 7.21. The second-order valence-electron chi connectivity index (χ2n) is 7.21. The zero-order valence-corrected chi connectivity index (χ0v) is 14.8. The highest BCUT2D eigenvalue weighted by atomic mass is 19.3. The molecule has 6 nitrogen and oxygen atoms in total. The molecule has 1 N–H and O–H groups in total. The SMILES string of the molecule is COCc1cc(NC2CCC(F)(F)CC2)nc(-n2ccc(C3CC3)n2)n1. The van der Waals surface area contributed by atoms with Crippen molar-refractivity contribution < 1.29 is 13.5 Å². The molecule has 0 radical (unpaired) electrons. The quantitative estimate of drug-likeness (QED) is 0.848. The van der Waals surface area contributed by atoms with E-state index >= 15 is 0 Å². The zero-order valence-electron chi connectivity index (χ0n) is 14.8. The number of nitrogens with zero attached hydrogens (tertiary/aromatic N) is 4. The molecule has 0 aromatic carbocycles. The van der Waals surface area contributed by atoms with Gasteiger partial charge in [0.15, 0.2) is 0 Å². The standard InChI is InChI=1S/C18H23F2N5O/c1-26-11-14-10-16(21-13-4-7-18(19,20)8-5-13)23-17(22-14)25-9-6-15(24-25)12-2-3-12/h6,9-10,12-13H,2-5,7-8,11H2,1H3,(H,21,22,23). The average Bonchev–Trinajstić information content (AvgIpc) is 3.34. The Hall–Kier alpha value is -2.09. The Balaban J connectivity index is 1.54. The molecule has 2 saturated carbocycles. The molecule has 2 heterocycles. The summed E-state index contributed by atoms with van der Waals surface area (Å²) >= 11 is 0. The Morgan fingerprint density at radius 2 is 2.00 bits per heavy atom. The van der Waals surface area contributed by atoms with Crippen molar-refractivity contribution in [1.82, 2.24) is 19.7 Å². The molecule has 0 amide bonds. The first-order chi connectivity index (χ1) is 12.5. The number of rotatable bonds is 6. The molecular weight excluding hydrogens is 340 g/mol. The highest BCUT2D eigenvalue weighted by molar-refractivity contribution is 5.40. The first-order valence-corrected chi connectivity index (χ1v) is 9.10. The van der Waals surface area contributed by atoms with Crippen LogP contribution in [0.15, 0.2) is 18.3 Å². The molecule has 0 atom stereocenters. The van der Waals surface area contributed by atoms with Crippen LogP contribution in [0.3, 0.4) is 0 Å². The molecule has 2 aromatic heterocycles. The van der Waals surface area contributed by atoms with Gasteiger partial charge in [0.2, 0.25) is 5.92 Å². The molecule has 0 unspecified atom stereocenters. The number of alkyl halides is 2. The van der Waals surface area contributed by atoms with E-state index in [1.54, 1.807) is 11.8 Å². The summed E-state index contributed by atoms with van der Waals surface area (Å²) in [7, 11) is 1.61. The Kier molecular flexibility index (Phi) is 4.60. The maximum Gasteiger partial charge on any atom is 0.252 e. The predicted octanol–water partition coefficient (Wildman–Crippen LogP) is 3.68. The van der Waals surface area contributed by atoms with Gasteiger partial charge in [-0.1, -0.05) is 0 Å². The summed E-state index contributed by atoms with van der Waals surface area (Å²) in [6, 6.07) is 3.80. The minimum atomic E-state index is -2.54. The summed E-state index contributed by atoms with van der Waals surface area (Å²) in [4.78, 5) is 9.05. The molecule has 2 fully saturated rings. The van der Waals surface area contributed by atoms with Crippen LogP contribution in [-0.4, -0.2) is 38.8 Å². The molecular formula is C18H23F2N5O. The lowest BCUT2D eigenvalue weighted by Crippen LogP contribution is -2.32. The normalized spacial score (nSPS) is 20.3. The third-order valence-electron chi connectivity index (χ3n) is 4.94. The van der Waals surface area contributed by atoms with Crippen molar-refractivity contribution in [2.45, 2.75) is 63.0 Å². The molecule has 0 aliphatic heterocycles. The fraction of sp³-hybridized carbons (Fsp3) is 0.611. The number of aromatic nitrogens is 4. The fourth-order valence-corrected chi connectivity index (χ4v) is 3.32. The number of hydrogen-bond acceptors (Lipinski definition) is 5. The molecule has 26 heavy (non-hydrogen) atoms. The van der Waals surface area contributed by atoms with Gasteiger partial charge in [0.05, 0.1) is 18.0 Å². The fourth-order valence-electron chi connectivity index (χ4n) is 3.32. The lowest BCUT2D eigenvalue weighted by atomic mass is 9.92. The van der Waals surface area contributed by atoms with E-state index in [-0.39, 0.29) is 18.9 Å². The van der Waals surface area contributed by atoms with Crippen LogP contribution < -0.4 is 5.32 Å². The third-order valence-corrected chi connectivity index (χ3v) is 4.94. The van der Waals surface area contributed by atoms with E-state index < -0.39 is 5.92 Å². The Morgan fingerprint density at radius 1 is 1.23 bits per heavy atom. The zero-order chi connectivity index (χ0) is 18.1. The van der Waals surface area contributed by atoms with Gasteiger partial charge in [0, 0.05) is 44.2 Å². The summed E-state index contributed by atoms with van der Waals surface area (Å²) < 4.78 is 33.6. The van der Waals surface area contributed by atoms with E-state index in [2.05, 4.69) is 20.4 Å². The largest absolute Gasteiger partial charge is 0.378 e. The molecule has 4 rings (SSSR count). The van der Waals surface area contributed by atoms with Crippen LogP contribution >= 0.6 is 0 Å². The van der Waals surface area contributed by atoms with Gasteiger partial charge in [0.25, 0.3) is 5.95 Å². The topological polar surface area (TPSA) is 64.9 Å². The van der Waals surface area contributed by atoms with Gasteiger partial charge in [0.1, 0.15) is 5.82 Å². The molecule has 2 aromatic rings. The molecule has 0 bridgehead atoms. The Bertz CT molecular complexity index is 765. The minimum absolute atomic E-state index is 0.00702. The maximum atomic E-state index is 13.4. The number of ether oxygens (including phenoxy) is 1. The first kappa shape index (κ1) is 17.3. The van der Waals surface area contributed by atoms with Crippen LogP contribution in [0.2, 0.25) is 0 Å². The number of methoxy groups -OCH3 is 1. The van der Waals surface area contributed by atoms with Crippen molar-refractivity contribution in [2.75, 3.05) is 12.4 Å². The predicted molar refractivity (Wildman–Crippen MR) is 92.7 cm³/mol. The van der Waals surface area contributed by atoms with E-state index in [1.165, 1.54) is 12.8 Å². The summed E-state index contributed by atoms with van der Waals surface area (Å²) in [5, 5.41) is 7.86. The lowest BCUT2D eigenvalue weighted by molar-refractivity contribution is -0.0361. The molecule has 2 aliphatic rings. The second kappa shape index (κ2) is 6.90. The summed E-state index contributed by atoms with van der Waals surface area (Å²) in [6.45, 7) is 0.351. The van der Waals surface area contributed by atoms with Crippen LogP contribution in [0.5, 0.6) is 0 Å². The maximum absolute atomic E-state index is 13.4. The highest BCUT2D eigenvalue weighted by Crippen LogP contribution is 2.39. The number of nitrogens with one attached hydrogen (secondary N) is 1. The van der Waals surface area contributed by atoms with Crippen molar-refractivity contribution >= 4 is 5.82 Å². The minimum Gasteiger partial charge on any atom is -0.378 e. The number of anilines is 1. The lowest BCUT2D eigenvalue weighted by Gasteiger charge is -2.29. The third kappa shape index (κ3) is 4.00. The van der Waals surface area contributed by atoms with Crippen LogP contribution in [0.1, 0.15) is 55.8 Å². The van der Waals surface area contributed by atoms with Crippen molar-refractivity contribution in [3.05, 3.63) is 29.7 Å². The summed E-state index contributed by atoms with van der Waals surface area (Å²) in [6.07, 6.45) is 4.92. The van der Waals surface area contributed by atoms with Gasteiger partial charge in [-0.15, -0.1) is 0 Å². The van der Waals surface area contributed by atoms with E-state index in [4.69, 9.17) is 4.74 Å². The number of halogens is 2. The van der Waals surface area contributed by atoms with Gasteiger partial charge in [-0.3, -0.25) is 0 Å². The van der Waals surface area contributed by atoms with Gasteiger partial charge in [-0.25, -0.2) is 18.4 Å². The van der Waals surface area contributed by atoms with Crippen molar-refractivity contribution in [1.29, 1.82) is 0 Å². The van der Waals surface area contributed by atoms with Gasteiger partial charge < -0.3 is 10.1 Å². The highest BCUT2D eigenvalue weighted by Gasteiger charge is 2.35. The summed E-state index contributed by atoms with van der Waals surface area (Å²) in [5.41, 5.74) is 1.79. The molecule has 8 heteroatoms. The van der Waals surface area contributed by atoms with Gasteiger partial charge in [-0.05, 0) is 31.7 Å². The van der Waals surface area contributed by atoms with E-state index in [9.17, 15) is 8.78 Å². The van der Waals surface area contributed by atoms with Crippen molar-refractivity contribution in [3.8, 4) is 5.95 Å². The van der Waals surface area contributed by atoms with Gasteiger partial charge >= 0.3 is 0 Å². The Morgan fingerprint density at radius 3 is 2.69 bits per heavy atom. The molecule has 2 aliphatic carbocycles. The first-order valence-electron chi connectivity index (χ1n) is 9.10. The molecule has 140 valence electrons. The van der Waals surface area contributed by atoms with Crippen LogP contribution in [0, 0.1) is 0 Å². The van der Waals surface area contributed by atoms with E-state index in [0.29, 0.717) is 37.1 Å². The van der Waals surface area contributed by atoms with Crippen LogP contribution in [0.25, 0.3) is 5.95 Å². The number of hydrogen-bond donors (Lipinski definition) is 1. The van der Waals surface area contributed by atoms with Crippen molar-refractivity contribution in [3.63, 3.8) is 0 Å². The van der Waals surface area contributed by atoms with Crippen LogP contribution in [0.4, 0.5) is 14.6 Å².